The molecule has 29 heavy (non-hydrogen) atoms. The largest absolute Gasteiger partial charge is 0.497 e. The minimum atomic E-state index is -1.65. The molecule has 0 fully saturated rings. The number of nitrogens with one attached hydrogen (secondary N) is 1. The van der Waals surface area contributed by atoms with E-state index in [1.165, 1.54) is 6.08 Å². The number of hydrogen-bond acceptors (Lipinski definition) is 11. The zero-order chi connectivity index (χ0) is 21.4. The zero-order valence-corrected chi connectivity index (χ0v) is 15.5. The van der Waals surface area contributed by atoms with Crippen LogP contribution in [0.1, 0.15) is 11.3 Å². The van der Waals surface area contributed by atoms with Gasteiger partial charge in [0.1, 0.15) is 24.1 Å². The number of hydrazone groups is 1. The van der Waals surface area contributed by atoms with Crippen LogP contribution in [0, 0.1) is 0 Å². The van der Waals surface area contributed by atoms with Crippen LogP contribution < -0.4 is 21.6 Å². The number of nitrogens with two attached hydrogens (primary N) is 1. The van der Waals surface area contributed by atoms with E-state index in [9.17, 15) is 20.1 Å². The number of methoxy groups -OCH3 is 1. The maximum absolute atomic E-state index is 12.3. The van der Waals surface area contributed by atoms with Crippen molar-refractivity contribution < 1.29 is 25.2 Å². The summed E-state index contributed by atoms with van der Waals surface area (Å²) in [5.41, 5.74) is 2.43. The average Bonchev–Trinajstić information content (AvgIpc) is 2.75. The summed E-state index contributed by atoms with van der Waals surface area (Å²) in [6, 6.07) is 7.12. The fourth-order valence-corrected chi connectivity index (χ4v) is 2.08. The first-order valence-corrected chi connectivity index (χ1v) is 8.38. The van der Waals surface area contributed by atoms with Crippen molar-refractivity contribution in [3.05, 3.63) is 45.9 Å². The number of anilines is 1. The van der Waals surface area contributed by atoms with Crippen molar-refractivity contribution in [3.63, 3.8) is 0 Å². The Hall–Kier alpha value is -3.32. The van der Waals surface area contributed by atoms with Crippen LogP contribution in [-0.4, -0.2) is 73.5 Å². The number of benzene rings is 1. The zero-order valence-electron chi connectivity index (χ0n) is 15.5. The number of aliphatic hydroxyl groups is 4. The predicted molar refractivity (Wildman–Crippen MR) is 106 cm³/mol. The number of ether oxygens (including phenoxy) is 1. The molecule has 0 aliphatic heterocycles. The Labute approximate surface area is 165 Å². The summed E-state index contributed by atoms with van der Waals surface area (Å²) in [7, 11) is 1.56. The number of nitrogen functional groups attached to an aromatic ring is 1. The third kappa shape index (κ3) is 5.83. The molecule has 0 saturated heterocycles. The highest BCUT2D eigenvalue weighted by Gasteiger charge is 2.22. The van der Waals surface area contributed by atoms with Gasteiger partial charge in [-0.15, -0.1) is 10.2 Å². The maximum atomic E-state index is 12.3. The molecule has 0 unspecified atom stereocenters. The van der Waals surface area contributed by atoms with Crippen molar-refractivity contribution in [1.29, 1.82) is 0 Å². The number of nitrogens with zero attached hydrogens (tertiary/aromatic N) is 4. The minimum absolute atomic E-state index is 0.0145. The standard InChI is InChI=1S/C17H22N6O6/c1-29-11-5-2-10(3-6-11)4-7-12-16(28)23(18)17(22-20-12)21-19-8-13(25)15(27)14(26)9-24/h2-8,13-15,24-27H,9,18H2,1H3,(H,21,22)/b7-4+,19-8+/t13-,14+,15-/m0/s1. The minimum Gasteiger partial charge on any atom is -0.497 e. The van der Waals surface area contributed by atoms with Gasteiger partial charge >= 0.3 is 0 Å². The Kier molecular flexibility index (Phi) is 7.79. The molecule has 2 aromatic rings. The van der Waals surface area contributed by atoms with E-state index in [4.69, 9.17) is 15.7 Å². The van der Waals surface area contributed by atoms with Gasteiger partial charge in [-0.2, -0.15) is 9.78 Å². The first-order chi connectivity index (χ1) is 13.9. The quantitative estimate of drug-likeness (QED) is 0.154. The van der Waals surface area contributed by atoms with Gasteiger partial charge in [-0.05, 0) is 23.8 Å². The molecule has 0 bridgehead atoms. The fourth-order valence-electron chi connectivity index (χ4n) is 2.08. The Morgan fingerprint density at radius 1 is 1.24 bits per heavy atom. The first-order valence-electron chi connectivity index (χ1n) is 8.38. The molecule has 7 N–H and O–H groups in total. The molecule has 12 heteroatoms. The fraction of sp³-hybridized carbons (Fsp3) is 0.294. The molecule has 156 valence electrons. The van der Waals surface area contributed by atoms with Gasteiger partial charge in [0.2, 0.25) is 0 Å². The van der Waals surface area contributed by atoms with Crippen molar-refractivity contribution in [2.75, 3.05) is 25.0 Å². The van der Waals surface area contributed by atoms with Crippen LogP contribution in [0.15, 0.2) is 34.2 Å². The van der Waals surface area contributed by atoms with Gasteiger partial charge in [-0.3, -0.25) is 4.79 Å². The lowest BCUT2D eigenvalue weighted by Gasteiger charge is -2.18. The predicted octanol–water partition coefficient (Wildman–Crippen LogP) is -2.00. The van der Waals surface area contributed by atoms with Crippen molar-refractivity contribution in [2.24, 2.45) is 5.10 Å². The molecule has 1 aromatic carbocycles. The van der Waals surface area contributed by atoms with Gasteiger partial charge in [0.25, 0.3) is 11.5 Å². The monoisotopic (exact) mass is 406 g/mol. The molecule has 12 nitrogen and oxygen atoms in total. The van der Waals surface area contributed by atoms with E-state index in [0.29, 0.717) is 10.4 Å². The van der Waals surface area contributed by atoms with E-state index in [1.54, 1.807) is 37.5 Å². The summed E-state index contributed by atoms with van der Waals surface area (Å²) in [4.78, 5) is 12.3. The Bertz CT molecular complexity index is 914. The normalized spacial score (nSPS) is 14.8. The van der Waals surface area contributed by atoms with Gasteiger partial charge < -0.3 is 31.0 Å². The van der Waals surface area contributed by atoms with E-state index in [1.807, 2.05) is 0 Å². The van der Waals surface area contributed by atoms with Gasteiger partial charge in [0.15, 0.2) is 5.69 Å². The molecular weight excluding hydrogens is 384 g/mol. The summed E-state index contributed by atoms with van der Waals surface area (Å²) in [6.45, 7) is -0.737. The number of rotatable bonds is 9. The second kappa shape index (κ2) is 10.3. The molecular formula is C17H22N6O6. The van der Waals surface area contributed by atoms with E-state index >= 15 is 0 Å². The summed E-state index contributed by atoms with van der Waals surface area (Å²) in [5.74, 6) is 6.14. The molecule has 0 aliphatic rings. The highest BCUT2D eigenvalue weighted by atomic mass is 16.5. The molecule has 0 spiro atoms. The number of hydrogen-bond donors (Lipinski definition) is 6. The summed E-state index contributed by atoms with van der Waals surface area (Å²) in [5, 5.41) is 48.1. The van der Waals surface area contributed by atoms with Crippen molar-refractivity contribution in [1.82, 2.24) is 14.9 Å². The third-order valence-electron chi connectivity index (χ3n) is 3.79. The molecule has 2 rings (SSSR count). The molecule has 1 aromatic heterocycles. The summed E-state index contributed by atoms with van der Waals surface area (Å²) in [6.07, 6.45) is -0.831. The molecule has 3 atom stereocenters. The van der Waals surface area contributed by atoms with Crippen LogP contribution in [0.2, 0.25) is 0 Å². The van der Waals surface area contributed by atoms with Crippen LogP contribution in [0.4, 0.5) is 5.95 Å². The van der Waals surface area contributed by atoms with E-state index in [2.05, 4.69) is 20.7 Å². The van der Waals surface area contributed by atoms with Crippen molar-refractivity contribution >= 4 is 24.3 Å². The van der Waals surface area contributed by atoms with Crippen LogP contribution >= 0.6 is 0 Å². The Morgan fingerprint density at radius 2 is 1.93 bits per heavy atom. The topological polar surface area (TPSA) is 188 Å². The van der Waals surface area contributed by atoms with Gasteiger partial charge in [0.05, 0.1) is 19.9 Å². The summed E-state index contributed by atoms with van der Waals surface area (Å²) < 4.78 is 5.74. The highest BCUT2D eigenvalue weighted by Crippen LogP contribution is 2.13. The second-order valence-corrected chi connectivity index (χ2v) is 5.81. The lowest BCUT2D eigenvalue weighted by atomic mass is 10.1. The van der Waals surface area contributed by atoms with Gasteiger partial charge in [-0.1, -0.05) is 18.2 Å². The average molecular weight is 406 g/mol. The Morgan fingerprint density at radius 3 is 2.55 bits per heavy atom. The molecule has 1 heterocycles. The van der Waals surface area contributed by atoms with Crippen LogP contribution in [0.3, 0.4) is 0 Å². The number of aromatic nitrogens is 3. The maximum Gasteiger partial charge on any atom is 0.299 e. The van der Waals surface area contributed by atoms with Crippen molar-refractivity contribution in [3.8, 4) is 5.75 Å². The van der Waals surface area contributed by atoms with Gasteiger partial charge in [0, 0.05) is 0 Å². The van der Waals surface area contributed by atoms with Crippen molar-refractivity contribution in [2.45, 2.75) is 18.3 Å². The highest BCUT2D eigenvalue weighted by molar-refractivity contribution is 5.68. The molecule has 0 aliphatic carbocycles. The smallest absolute Gasteiger partial charge is 0.299 e. The lowest BCUT2D eigenvalue weighted by Crippen LogP contribution is -2.40. The molecule has 0 saturated carbocycles. The van der Waals surface area contributed by atoms with Crippen LogP contribution in [-0.2, 0) is 0 Å². The van der Waals surface area contributed by atoms with Crippen LogP contribution in [0.5, 0.6) is 5.75 Å². The lowest BCUT2D eigenvalue weighted by molar-refractivity contribution is -0.0541. The number of aliphatic hydroxyl groups excluding tert-OH is 4. The van der Waals surface area contributed by atoms with Gasteiger partial charge in [-0.25, -0.2) is 5.43 Å². The van der Waals surface area contributed by atoms with Crippen LogP contribution in [0.25, 0.3) is 12.2 Å². The van der Waals surface area contributed by atoms with E-state index in [0.717, 1.165) is 11.8 Å². The van der Waals surface area contributed by atoms with E-state index in [-0.39, 0.29) is 11.6 Å². The summed E-state index contributed by atoms with van der Waals surface area (Å²) >= 11 is 0. The van der Waals surface area contributed by atoms with E-state index < -0.39 is 30.5 Å². The molecule has 0 radical (unpaired) electrons. The SMILES string of the molecule is COc1ccc(/C=C/c2nnc(N/N=C/[C@H](O)[C@H](O)[C@H](O)CO)n(N)c2=O)cc1. The molecule has 0 amide bonds. The second-order valence-electron chi connectivity index (χ2n) is 5.81. The Balaban J connectivity index is 2.07. The third-order valence-corrected chi connectivity index (χ3v) is 3.79. The first kappa shape index (κ1) is 22.0.